The van der Waals surface area contributed by atoms with Gasteiger partial charge in [0.25, 0.3) is 0 Å². The van der Waals surface area contributed by atoms with Gasteiger partial charge < -0.3 is 0 Å². The first-order valence-corrected chi connectivity index (χ1v) is 13.7. The SMILES string of the molecule is C=C(N=C(/C=C(\C)c1ccc(C)cc1)c1ccc(C)c(-c2ccccc2C)c1)c1ccc(-c2ccccc2)cc1. The van der Waals surface area contributed by atoms with E-state index in [2.05, 4.69) is 156 Å². The van der Waals surface area contributed by atoms with E-state index >= 15 is 0 Å². The zero-order valence-electron chi connectivity index (χ0n) is 23.8. The van der Waals surface area contributed by atoms with E-state index in [-0.39, 0.29) is 0 Å². The van der Waals surface area contributed by atoms with Gasteiger partial charge in [0, 0.05) is 5.56 Å². The summed E-state index contributed by atoms with van der Waals surface area (Å²) in [7, 11) is 0. The Balaban J connectivity index is 1.57. The number of nitrogens with zero attached hydrogens (tertiary/aromatic N) is 1. The number of hydrogen-bond donors (Lipinski definition) is 0. The van der Waals surface area contributed by atoms with E-state index in [1.54, 1.807) is 0 Å². The first kappa shape index (κ1) is 26.8. The van der Waals surface area contributed by atoms with Crippen molar-refractivity contribution in [2.45, 2.75) is 27.7 Å². The van der Waals surface area contributed by atoms with Gasteiger partial charge in [-0.2, -0.15) is 0 Å². The van der Waals surface area contributed by atoms with Crippen LogP contribution in [0.15, 0.2) is 139 Å². The van der Waals surface area contributed by atoms with Gasteiger partial charge in [-0.25, -0.2) is 4.99 Å². The Morgan fingerprint density at radius 2 is 1.15 bits per heavy atom. The molecule has 1 heteroatoms. The number of hydrogen-bond acceptors (Lipinski definition) is 1. The second-order valence-electron chi connectivity index (χ2n) is 10.4. The van der Waals surface area contributed by atoms with Gasteiger partial charge >= 0.3 is 0 Å². The van der Waals surface area contributed by atoms with E-state index in [0.717, 1.165) is 28.1 Å². The Morgan fingerprint density at radius 3 is 1.85 bits per heavy atom. The minimum atomic E-state index is 0.737. The fourth-order valence-corrected chi connectivity index (χ4v) is 4.93. The lowest BCUT2D eigenvalue weighted by molar-refractivity contribution is 1.40. The van der Waals surface area contributed by atoms with Crippen molar-refractivity contribution < 1.29 is 0 Å². The fourth-order valence-electron chi connectivity index (χ4n) is 4.93. The van der Waals surface area contributed by atoms with Crippen LogP contribution < -0.4 is 0 Å². The molecule has 0 radical (unpaired) electrons. The average Bonchev–Trinajstić information content (AvgIpc) is 2.98. The van der Waals surface area contributed by atoms with E-state index < -0.39 is 0 Å². The molecule has 0 saturated carbocycles. The van der Waals surface area contributed by atoms with Crippen LogP contribution in [0.25, 0.3) is 33.5 Å². The quantitative estimate of drug-likeness (QED) is 0.190. The van der Waals surface area contributed by atoms with Gasteiger partial charge in [0.05, 0.1) is 11.4 Å². The average molecular weight is 518 g/mol. The molecule has 40 heavy (non-hydrogen) atoms. The summed E-state index contributed by atoms with van der Waals surface area (Å²) in [6.45, 7) is 13.0. The molecular formula is C39H35N. The second-order valence-corrected chi connectivity index (χ2v) is 10.4. The van der Waals surface area contributed by atoms with E-state index in [0.29, 0.717) is 0 Å². The van der Waals surface area contributed by atoms with E-state index in [9.17, 15) is 0 Å². The summed E-state index contributed by atoms with van der Waals surface area (Å²) in [5.41, 5.74) is 14.6. The molecule has 0 N–H and O–H groups in total. The Kier molecular flexibility index (Phi) is 8.03. The maximum absolute atomic E-state index is 5.14. The Labute approximate surface area is 238 Å². The van der Waals surface area contributed by atoms with Crippen LogP contribution in [0.3, 0.4) is 0 Å². The maximum Gasteiger partial charge on any atom is 0.0712 e. The van der Waals surface area contributed by atoms with Crippen molar-refractivity contribution in [3.63, 3.8) is 0 Å². The maximum atomic E-state index is 5.14. The molecule has 0 heterocycles. The highest BCUT2D eigenvalue weighted by Gasteiger charge is 2.11. The molecular weight excluding hydrogens is 482 g/mol. The summed E-state index contributed by atoms with van der Waals surface area (Å²) >= 11 is 0. The Morgan fingerprint density at radius 1 is 0.575 bits per heavy atom. The minimum Gasteiger partial charge on any atom is -0.248 e. The molecule has 196 valence electrons. The van der Waals surface area contributed by atoms with Crippen molar-refractivity contribution in [2.75, 3.05) is 0 Å². The summed E-state index contributed by atoms with van der Waals surface area (Å²) < 4.78 is 0. The molecule has 5 aromatic carbocycles. The van der Waals surface area contributed by atoms with Gasteiger partial charge in [0.2, 0.25) is 0 Å². The van der Waals surface area contributed by atoms with Crippen LogP contribution in [0.2, 0.25) is 0 Å². The van der Waals surface area contributed by atoms with E-state index in [1.165, 1.54) is 44.5 Å². The molecule has 0 aliphatic rings. The van der Waals surface area contributed by atoms with Crippen LogP contribution in [-0.2, 0) is 0 Å². The molecule has 0 aliphatic heterocycles. The summed E-state index contributed by atoms with van der Waals surface area (Å²) in [6.07, 6.45) is 2.18. The second kappa shape index (κ2) is 12.0. The van der Waals surface area contributed by atoms with Gasteiger partial charge in [0.15, 0.2) is 0 Å². The molecule has 5 rings (SSSR count). The van der Waals surface area contributed by atoms with Crippen molar-refractivity contribution in [3.05, 3.63) is 167 Å². The molecule has 0 saturated heterocycles. The Hall–Kier alpha value is -4.75. The highest BCUT2D eigenvalue weighted by molar-refractivity contribution is 6.14. The molecule has 1 nitrogen and oxygen atoms in total. The number of allylic oxidation sites excluding steroid dienone is 2. The molecule has 5 aromatic rings. The lowest BCUT2D eigenvalue weighted by atomic mass is 9.93. The topological polar surface area (TPSA) is 12.4 Å². The fraction of sp³-hybridized carbons (Fsp3) is 0.103. The number of aliphatic imine (C=N–C) groups is 1. The van der Waals surface area contributed by atoms with Gasteiger partial charge in [0.1, 0.15) is 0 Å². The van der Waals surface area contributed by atoms with Crippen LogP contribution in [-0.4, -0.2) is 5.71 Å². The van der Waals surface area contributed by atoms with E-state index in [1.807, 2.05) is 6.07 Å². The normalized spacial score (nSPS) is 11.9. The third kappa shape index (κ3) is 6.11. The summed E-state index contributed by atoms with van der Waals surface area (Å²) in [4.78, 5) is 5.14. The minimum absolute atomic E-state index is 0.737. The van der Waals surface area contributed by atoms with E-state index in [4.69, 9.17) is 4.99 Å². The summed E-state index contributed by atoms with van der Waals surface area (Å²) in [5.74, 6) is 0. The monoisotopic (exact) mass is 517 g/mol. The van der Waals surface area contributed by atoms with Gasteiger partial charge in [-0.1, -0.05) is 127 Å². The van der Waals surface area contributed by atoms with Gasteiger partial charge in [-0.15, -0.1) is 0 Å². The number of benzene rings is 5. The van der Waals surface area contributed by atoms with Gasteiger partial charge in [-0.3, -0.25) is 0 Å². The molecule has 0 bridgehead atoms. The lowest BCUT2D eigenvalue weighted by Crippen LogP contribution is -2.01. The predicted molar refractivity (Wildman–Crippen MR) is 174 cm³/mol. The third-order valence-electron chi connectivity index (χ3n) is 7.41. The first-order valence-electron chi connectivity index (χ1n) is 13.7. The predicted octanol–water partition coefficient (Wildman–Crippen LogP) is 10.5. The van der Waals surface area contributed by atoms with Crippen LogP contribution >= 0.6 is 0 Å². The highest BCUT2D eigenvalue weighted by Crippen LogP contribution is 2.29. The molecule has 0 fully saturated rings. The van der Waals surface area contributed by atoms with Crippen molar-refractivity contribution in [3.8, 4) is 22.3 Å². The summed E-state index contributed by atoms with van der Waals surface area (Å²) in [5, 5.41) is 0. The zero-order chi connectivity index (χ0) is 28.1. The van der Waals surface area contributed by atoms with Crippen molar-refractivity contribution >= 4 is 17.0 Å². The van der Waals surface area contributed by atoms with Crippen molar-refractivity contribution in [2.24, 2.45) is 4.99 Å². The molecule has 0 aromatic heterocycles. The number of rotatable bonds is 7. The van der Waals surface area contributed by atoms with Gasteiger partial charge in [-0.05, 0) is 89.9 Å². The number of aryl methyl sites for hydroxylation is 3. The standard InChI is InChI=1S/C39H35N/c1-27-15-18-32(19-16-27)30(4)25-39(36-20-17-29(3)38(26-36)37-14-10-9-11-28(37)2)40-31(5)33-21-23-35(24-22-33)34-12-7-6-8-13-34/h6-26H,5H2,1-4H3/b30-25+,40-39?. The molecule has 0 unspecified atom stereocenters. The highest BCUT2D eigenvalue weighted by atomic mass is 14.8. The van der Waals surface area contributed by atoms with Crippen LogP contribution in [0.1, 0.15) is 40.3 Å². The Bertz CT molecular complexity index is 1700. The van der Waals surface area contributed by atoms with Crippen molar-refractivity contribution in [1.29, 1.82) is 0 Å². The van der Waals surface area contributed by atoms with Crippen LogP contribution in [0.5, 0.6) is 0 Å². The molecule has 0 amide bonds. The van der Waals surface area contributed by atoms with Crippen molar-refractivity contribution in [1.82, 2.24) is 0 Å². The molecule has 0 atom stereocenters. The first-order chi connectivity index (χ1) is 19.4. The molecule has 0 spiro atoms. The zero-order valence-corrected chi connectivity index (χ0v) is 23.8. The smallest absolute Gasteiger partial charge is 0.0712 e. The van der Waals surface area contributed by atoms with Crippen LogP contribution in [0, 0.1) is 20.8 Å². The third-order valence-corrected chi connectivity index (χ3v) is 7.41. The largest absolute Gasteiger partial charge is 0.248 e. The van der Waals surface area contributed by atoms with Crippen LogP contribution in [0.4, 0.5) is 0 Å². The summed E-state index contributed by atoms with van der Waals surface area (Å²) in [6, 6.07) is 42.7. The lowest BCUT2D eigenvalue weighted by Gasteiger charge is -2.13. The molecule has 0 aliphatic carbocycles.